The third-order valence-corrected chi connectivity index (χ3v) is 7.52. The van der Waals surface area contributed by atoms with Gasteiger partial charge in [0.05, 0.1) is 34.8 Å². The minimum absolute atomic E-state index is 0.0332. The highest BCUT2D eigenvalue weighted by atomic mass is 35.5. The van der Waals surface area contributed by atoms with Crippen molar-refractivity contribution < 1.29 is 31.1 Å². The van der Waals surface area contributed by atoms with Gasteiger partial charge < -0.3 is 20.7 Å². The zero-order chi connectivity index (χ0) is 27.4. The molecule has 198 valence electrons. The van der Waals surface area contributed by atoms with Gasteiger partial charge in [0.1, 0.15) is 10.8 Å². The first-order valence-corrected chi connectivity index (χ1v) is 12.7. The summed E-state index contributed by atoms with van der Waals surface area (Å²) in [6, 6.07) is 10.8. The van der Waals surface area contributed by atoms with Gasteiger partial charge in [0.2, 0.25) is 5.95 Å². The van der Waals surface area contributed by atoms with E-state index >= 15 is 0 Å². The Morgan fingerprint density at radius 2 is 1.81 bits per heavy atom. The van der Waals surface area contributed by atoms with Gasteiger partial charge in [0.25, 0.3) is 0 Å². The molecule has 0 aliphatic heterocycles. The first-order chi connectivity index (χ1) is 17.3. The molecule has 0 bridgehead atoms. The van der Waals surface area contributed by atoms with Gasteiger partial charge in [0.15, 0.2) is 15.7 Å². The first kappa shape index (κ1) is 28.0. The fourth-order valence-corrected chi connectivity index (χ4v) is 4.42. The maximum atomic E-state index is 12.8. The van der Waals surface area contributed by atoms with Crippen molar-refractivity contribution in [2.45, 2.75) is 36.7 Å². The molecule has 2 aromatic carbocycles. The Kier molecular flexibility index (Phi) is 8.49. The second kappa shape index (κ2) is 11.2. The molecule has 0 aliphatic carbocycles. The van der Waals surface area contributed by atoms with Crippen LogP contribution in [0.5, 0.6) is 5.75 Å². The molecule has 0 saturated carbocycles. The van der Waals surface area contributed by atoms with E-state index in [1.165, 1.54) is 37.6 Å². The molecule has 1 heterocycles. The lowest BCUT2D eigenvalue weighted by Gasteiger charge is -2.16. The topological polar surface area (TPSA) is 122 Å². The van der Waals surface area contributed by atoms with Gasteiger partial charge in [-0.25, -0.2) is 13.4 Å². The number of ether oxygens (including phenoxy) is 1. The molecule has 0 spiro atoms. The highest BCUT2D eigenvalue weighted by Crippen LogP contribution is 2.32. The highest BCUT2D eigenvalue weighted by Gasteiger charge is 2.38. The summed E-state index contributed by atoms with van der Waals surface area (Å²) in [6.45, 7) is 2.76. The van der Waals surface area contributed by atoms with Crippen LogP contribution in [0.4, 0.5) is 36.3 Å². The average Bonchev–Trinajstić information content (AvgIpc) is 2.84. The minimum Gasteiger partial charge on any atom is -0.495 e. The van der Waals surface area contributed by atoms with Gasteiger partial charge in [-0.2, -0.15) is 18.2 Å². The Hall–Kier alpha value is -3.58. The van der Waals surface area contributed by atoms with E-state index in [1.54, 1.807) is 37.4 Å². The number of methoxy groups -OCH3 is 1. The van der Waals surface area contributed by atoms with E-state index in [0.717, 1.165) is 0 Å². The van der Waals surface area contributed by atoms with E-state index in [4.69, 9.17) is 16.3 Å². The van der Waals surface area contributed by atoms with Crippen molar-refractivity contribution >= 4 is 50.5 Å². The number of nitrogens with one attached hydrogen (secondary N) is 3. The standard InChI is InChI=1S/C23H23ClF3N5O4S/c1-13(2)37(34,35)19-7-5-4-6-16(19)30-20-15(24)12-29-22(32-20)31-17-10-14(8-9-18(17)36-3)11-28-21(33)23(25,26)27/h4-10,12-13H,11H2,1-3H3,(H,28,33)(H2,29,30,31,32). The fourth-order valence-electron chi connectivity index (χ4n) is 3.08. The molecule has 0 saturated heterocycles. The SMILES string of the molecule is COc1ccc(CNC(=O)C(F)(F)F)cc1Nc1ncc(Cl)c(Nc2ccccc2S(=O)(=O)C(C)C)n1. The van der Waals surface area contributed by atoms with Crippen LogP contribution in [0.1, 0.15) is 19.4 Å². The molecular formula is C23H23ClF3N5O4S. The number of benzene rings is 2. The summed E-state index contributed by atoms with van der Waals surface area (Å²) >= 11 is 6.25. The van der Waals surface area contributed by atoms with E-state index in [9.17, 15) is 26.4 Å². The first-order valence-electron chi connectivity index (χ1n) is 10.7. The second-order valence-corrected chi connectivity index (χ2v) is 10.8. The highest BCUT2D eigenvalue weighted by molar-refractivity contribution is 7.92. The smallest absolute Gasteiger partial charge is 0.471 e. The molecule has 0 atom stereocenters. The Morgan fingerprint density at radius 1 is 1.11 bits per heavy atom. The monoisotopic (exact) mass is 557 g/mol. The number of hydrogen-bond acceptors (Lipinski definition) is 8. The molecule has 1 amide bonds. The summed E-state index contributed by atoms with van der Waals surface area (Å²) in [6.07, 6.45) is -3.71. The Bertz CT molecular complexity index is 1400. The number of aromatic nitrogens is 2. The number of anilines is 4. The van der Waals surface area contributed by atoms with Crippen molar-refractivity contribution in [2.24, 2.45) is 0 Å². The van der Waals surface area contributed by atoms with Crippen LogP contribution in [0.15, 0.2) is 53.6 Å². The number of hydrogen-bond donors (Lipinski definition) is 3. The number of para-hydroxylation sites is 1. The van der Waals surface area contributed by atoms with Crippen LogP contribution >= 0.6 is 11.6 Å². The zero-order valence-electron chi connectivity index (χ0n) is 19.9. The lowest BCUT2D eigenvalue weighted by Crippen LogP contribution is -2.36. The van der Waals surface area contributed by atoms with Crippen LogP contribution in [0.2, 0.25) is 5.02 Å². The van der Waals surface area contributed by atoms with E-state index in [0.29, 0.717) is 17.0 Å². The zero-order valence-corrected chi connectivity index (χ0v) is 21.4. The molecule has 0 radical (unpaired) electrons. The predicted octanol–water partition coefficient (Wildman–Crippen LogP) is 4.99. The molecule has 14 heteroatoms. The summed E-state index contributed by atoms with van der Waals surface area (Å²) in [5, 5.41) is 7.07. The molecule has 9 nitrogen and oxygen atoms in total. The largest absolute Gasteiger partial charge is 0.495 e. The molecule has 3 N–H and O–H groups in total. The molecule has 1 aromatic heterocycles. The van der Waals surface area contributed by atoms with Crippen LogP contribution in [-0.4, -0.2) is 42.8 Å². The summed E-state index contributed by atoms with van der Waals surface area (Å²) in [5.41, 5.74) is 0.918. The number of rotatable bonds is 9. The molecule has 37 heavy (non-hydrogen) atoms. The van der Waals surface area contributed by atoms with E-state index in [1.807, 2.05) is 0 Å². The van der Waals surface area contributed by atoms with E-state index < -0.39 is 27.2 Å². The summed E-state index contributed by atoms with van der Waals surface area (Å²) in [4.78, 5) is 19.6. The van der Waals surface area contributed by atoms with Gasteiger partial charge in [-0.15, -0.1) is 0 Å². The van der Waals surface area contributed by atoms with Crippen molar-refractivity contribution in [2.75, 3.05) is 17.7 Å². The number of alkyl halides is 3. The number of carbonyl (C=O) groups excluding carboxylic acids is 1. The predicted molar refractivity (Wildman–Crippen MR) is 133 cm³/mol. The number of sulfone groups is 1. The van der Waals surface area contributed by atoms with Crippen molar-refractivity contribution in [1.82, 2.24) is 15.3 Å². The minimum atomic E-state index is -5.00. The van der Waals surface area contributed by atoms with Gasteiger partial charge >= 0.3 is 12.1 Å². The normalized spacial score (nSPS) is 11.8. The Balaban J connectivity index is 1.88. The van der Waals surface area contributed by atoms with Crippen molar-refractivity contribution in [3.63, 3.8) is 0 Å². The quantitative estimate of drug-likeness (QED) is 0.336. The molecule has 0 aliphatic rings. The molecular weight excluding hydrogens is 535 g/mol. The van der Waals surface area contributed by atoms with Crippen LogP contribution in [-0.2, 0) is 21.2 Å². The summed E-state index contributed by atoms with van der Waals surface area (Å²) in [7, 11) is -2.22. The van der Waals surface area contributed by atoms with Crippen LogP contribution in [0.3, 0.4) is 0 Å². The lowest BCUT2D eigenvalue weighted by atomic mass is 10.2. The third kappa shape index (κ3) is 6.80. The Labute approximate surface area is 216 Å². The Morgan fingerprint density at radius 3 is 2.46 bits per heavy atom. The maximum absolute atomic E-state index is 12.8. The lowest BCUT2D eigenvalue weighted by molar-refractivity contribution is -0.173. The van der Waals surface area contributed by atoms with E-state index in [2.05, 4.69) is 20.6 Å². The number of carbonyl (C=O) groups is 1. The summed E-state index contributed by atoms with van der Waals surface area (Å²) < 4.78 is 68.3. The van der Waals surface area contributed by atoms with Crippen LogP contribution in [0, 0.1) is 0 Å². The van der Waals surface area contributed by atoms with Gasteiger partial charge in [-0.05, 0) is 43.7 Å². The third-order valence-electron chi connectivity index (χ3n) is 5.03. The molecule has 3 aromatic rings. The maximum Gasteiger partial charge on any atom is 0.471 e. The number of amides is 1. The fraction of sp³-hybridized carbons (Fsp3) is 0.261. The van der Waals surface area contributed by atoms with Crippen LogP contribution < -0.4 is 20.7 Å². The number of nitrogens with zero attached hydrogens (tertiary/aromatic N) is 2. The molecule has 0 unspecified atom stereocenters. The van der Waals surface area contributed by atoms with E-state index in [-0.39, 0.29) is 33.9 Å². The average molecular weight is 558 g/mol. The van der Waals surface area contributed by atoms with Crippen molar-refractivity contribution in [3.05, 3.63) is 59.2 Å². The van der Waals surface area contributed by atoms with Gasteiger partial charge in [-0.1, -0.05) is 29.8 Å². The van der Waals surface area contributed by atoms with Crippen LogP contribution in [0.25, 0.3) is 0 Å². The molecule has 3 rings (SSSR count). The van der Waals surface area contributed by atoms with Gasteiger partial charge in [0, 0.05) is 6.54 Å². The van der Waals surface area contributed by atoms with Gasteiger partial charge in [-0.3, -0.25) is 4.79 Å². The summed E-state index contributed by atoms with van der Waals surface area (Å²) in [5.74, 6) is -1.59. The number of halogens is 4. The van der Waals surface area contributed by atoms with Crippen molar-refractivity contribution in [3.8, 4) is 5.75 Å². The van der Waals surface area contributed by atoms with Crippen molar-refractivity contribution in [1.29, 1.82) is 0 Å². The second-order valence-electron chi connectivity index (χ2n) is 7.95. The molecule has 0 fully saturated rings.